The number of carbonyl (C=O) groups is 3. The molecule has 0 aliphatic heterocycles. The number of aliphatic carboxylic acids is 1. The highest BCUT2D eigenvalue weighted by Gasteiger charge is 2.15. The highest BCUT2D eigenvalue weighted by molar-refractivity contribution is 6.40. The van der Waals surface area contributed by atoms with Gasteiger partial charge in [-0.3, -0.25) is 9.59 Å². The van der Waals surface area contributed by atoms with E-state index in [0.29, 0.717) is 6.54 Å². The van der Waals surface area contributed by atoms with Gasteiger partial charge in [0.15, 0.2) is 0 Å². The molecule has 0 saturated carbocycles. The van der Waals surface area contributed by atoms with Crippen molar-refractivity contribution in [3.63, 3.8) is 0 Å². The maximum Gasteiger partial charge on any atom is 0.377 e. The predicted molar refractivity (Wildman–Crippen MR) is 56.4 cm³/mol. The Morgan fingerprint density at radius 3 is 2.44 bits per heavy atom. The number of hydrogen-bond donors (Lipinski definition) is 2. The maximum atomic E-state index is 11.4. The lowest BCUT2D eigenvalue weighted by Crippen LogP contribution is -2.23. The molecular weight excluding hydrogens is 210 g/mol. The first-order valence-corrected chi connectivity index (χ1v) is 4.72. The molecule has 5 heteroatoms. The van der Waals surface area contributed by atoms with Crippen LogP contribution in [0.4, 0.5) is 0 Å². The topological polar surface area (TPSA) is 83.5 Å². The first kappa shape index (κ1) is 11.9. The number of ketones is 1. The van der Waals surface area contributed by atoms with Gasteiger partial charge in [0.25, 0.3) is 11.7 Å². The smallest absolute Gasteiger partial charge is 0.377 e. The lowest BCUT2D eigenvalue weighted by atomic mass is 10.1. The summed E-state index contributed by atoms with van der Waals surface area (Å²) in [5.41, 5.74) is 0.269. The number of amides is 1. The summed E-state index contributed by atoms with van der Waals surface area (Å²) in [5, 5.41) is 11.1. The number of carboxylic acids is 1. The van der Waals surface area contributed by atoms with Gasteiger partial charge < -0.3 is 10.4 Å². The molecule has 0 fully saturated rings. The Hall–Kier alpha value is -2.17. The summed E-state index contributed by atoms with van der Waals surface area (Å²) < 4.78 is 0. The number of hydrogen-bond acceptors (Lipinski definition) is 3. The summed E-state index contributed by atoms with van der Waals surface area (Å²) in [5.74, 6) is -2.89. The van der Waals surface area contributed by atoms with Crippen LogP contribution in [0.5, 0.6) is 0 Å². The van der Waals surface area contributed by atoms with Gasteiger partial charge in [-0.1, -0.05) is 12.1 Å². The van der Waals surface area contributed by atoms with Crippen molar-refractivity contribution in [3.05, 3.63) is 35.4 Å². The third-order valence-corrected chi connectivity index (χ3v) is 1.92. The van der Waals surface area contributed by atoms with Crippen molar-refractivity contribution in [3.8, 4) is 0 Å². The lowest BCUT2D eigenvalue weighted by molar-refractivity contribution is -0.131. The fourth-order valence-electron chi connectivity index (χ4n) is 1.19. The van der Waals surface area contributed by atoms with Gasteiger partial charge in [-0.05, 0) is 19.1 Å². The Kier molecular flexibility index (Phi) is 3.77. The Labute approximate surface area is 92.1 Å². The third kappa shape index (κ3) is 2.66. The summed E-state index contributed by atoms with van der Waals surface area (Å²) in [6.45, 7) is 2.24. The Balaban J connectivity index is 2.99. The molecule has 0 aromatic heterocycles. The van der Waals surface area contributed by atoms with Crippen molar-refractivity contribution < 1.29 is 19.5 Å². The zero-order valence-corrected chi connectivity index (χ0v) is 8.69. The molecule has 0 heterocycles. The van der Waals surface area contributed by atoms with Gasteiger partial charge in [-0.2, -0.15) is 0 Å². The van der Waals surface area contributed by atoms with Crippen molar-refractivity contribution in [2.75, 3.05) is 6.54 Å². The van der Waals surface area contributed by atoms with Gasteiger partial charge in [0.1, 0.15) is 0 Å². The van der Waals surface area contributed by atoms with Gasteiger partial charge in [0.05, 0.1) is 0 Å². The second-order valence-corrected chi connectivity index (χ2v) is 3.07. The standard InChI is InChI=1S/C11H11NO4/c1-2-12-10(14)8-5-3-4-7(6-8)9(13)11(15)16/h3-6H,2H2,1H3,(H,12,14)(H,15,16). The van der Waals surface area contributed by atoms with Gasteiger partial charge >= 0.3 is 5.97 Å². The van der Waals surface area contributed by atoms with Crippen LogP contribution in [0, 0.1) is 0 Å². The molecule has 1 rings (SSSR count). The van der Waals surface area contributed by atoms with Crippen LogP contribution in [-0.4, -0.2) is 29.3 Å². The van der Waals surface area contributed by atoms with E-state index in [1.165, 1.54) is 24.3 Å². The Morgan fingerprint density at radius 2 is 1.88 bits per heavy atom. The first-order chi connectivity index (χ1) is 7.56. The number of Topliss-reactive ketones (excluding diaryl/α,β-unsaturated/α-hetero) is 1. The van der Waals surface area contributed by atoms with Gasteiger partial charge in [-0.25, -0.2) is 4.79 Å². The lowest BCUT2D eigenvalue weighted by Gasteiger charge is -2.03. The largest absolute Gasteiger partial charge is 0.475 e. The number of carbonyl (C=O) groups excluding carboxylic acids is 2. The maximum absolute atomic E-state index is 11.4. The predicted octanol–water partition coefficient (Wildman–Crippen LogP) is 0.704. The van der Waals surface area contributed by atoms with E-state index >= 15 is 0 Å². The Bertz CT molecular complexity index is 439. The van der Waals surface area contributed by atoms with E-state index in [4.69, 9.17) is 5.11 Å². The molecule has 1 amide bonds. The van der Waals surface area contributed by atoms with E-state index < -0.39 is 11.8 Å². The highest BCUT2D eigenvalue weighted by atomic mass is 16.4. The second kappa shape index (κ2) is 5.06. The van der Waals surface area contributed by atoms with Crippen molar-refractivity contribution in [2.45, 2.75) is 6.92 Å². The number of carboxylic acid groups (broad SMARTS) is 1. The minimum absolute atomic E-state index is 0.00347. The summed E-state index contributed by atoms with van der Waals surface area (Å²) in [6.07, 6.45) is 0. The molecule has 1 aromatic carbocycles. The molecule has 84 valence electrons. The fourth-order valence-corrected chi connectivity index (χ4v) is 1.19. The third-order valence-electron chi connectivity index (χ3n) is 1.92. The summed E-state index contributed by atoms with van der Waals surface area (Å²) in [6, 6.07) is 5.62. The molecule has 5 nitrogen and oxygen atoms in total. The zero-order valence-electron chi connectivity index (χ0n) is 8.69. The molecule has 1 aromatic rings. The minimum Gasteiger partial charge on any atom is -0.475 e. The van der Waals surface area contributed by atoms with Gasteiger partial charge in [-0.15, -0.1) is 0 Å². The Morgan fingerprint density at radius 1 is 1.25 bits per heavy atom. The van der Waals surface area contributed by atoms with E-state index in [1.807, 2.05) is 0 Å². The molecule has 0 saturated heterocycles. The van der Waals surface area contributed by atoms with Crippen molar-refractivity contribution in [1.29, 1.82) is 0 Å². The first-order valence-electron chi connectivity index (χ1n) is 4.72. The van der Waals surface area contributed by atoms with Gasteiger partial charge in [0, 0.05) is 17.7 Å². The van der Waals surface area contributed by atoms with E-state index in [0.717, 1.165) is 0 Å². The number of nitrogens with one attached hydrogen (secondary N) is 1. The molecular formula is C11H11NO4. The fraction of sp³-hybridized carbons (Fsp3) is 0.182. The molecule has 0 aliphatic rings. The van der Waals surface area contributed by atoms with Crippen LogP contribution < -0.4 is 5.32 Å². The van der Waals surface area contributed by atoms with Crippen LogP contribution in [0.1, 0.15) is 27.6 Å². The van der Waals surface area contributed by atoms with Crippen LogP contribution in [0.15, 0.2) is 24.3 Å². The van der Waals surface area contributed by atoms with Gasteiger partial charge in [0.2, 0.25) is 0 Å². The molecule has 0 spiro atoms. The van der Waals surface area contributed by atoms with E-state index in [-0.39, 0.29) is 17.0 Å². The second-order valence-electron chi connectivity index (χ2n) is 3.07. The number of benzene rings is 1. The summed E-state index contributed by atoms with van der Waals surface area (Å²) in [4.78, 5) is 33.0. The van der Waals surface area contributed by atoms with Crippen LogP contribution in [0.25, 0.3) is 0 Å². The molecule has 0 radical (unpaired) electrons. The van der Waals surface area contributed by atoms with Crippen molar-refractivity contribution >= 4 is 17.7 Å². The van der Waals surface area contributed by atoms with E-state index in [1.54, 1.807) is 6.92 Å². The zero-order chi connectivity index (χ0) is 12.1. The van der Waals surface area contributed by atoms with Crippen LogP contribution in [0.2, 0.25) is 0 Å². The average Bonchev–Trinajstić information content (AvgIpc) is 2.28. The molecule has 0 bridgehead atoms. The van der Waals surface area contributed by atoms with Crippen molar-refractivity contribution in [2.24, 2.45) is 0 Å². The molecule has 0 unspecified atom stereocenters. The van der Waals surface area contributed by atoms with E-state index in [9.17, 15) is 14.4 Å². The van der Waals surface area contributed by atoms with Crippen LogP contribution >= 0.6 is 0 Å². The average molecular weight is 221 g/mol. The number of rotatable bonds is 4. The normalized spacial score (nSPS) is 9.56. The summed E-state index contributed by atoms with van der Waals surface area (Å²) in [7, 11) is 0. The SMILES string of the molecule is CCNC(=O)c1cccc(C(=O)C(=O)O)c1. The van der Waals surface area contributed by atoms with E-state index in [2.05, 4.69) is 5.32 Å². The summed E-state index contributed by atoms with van der Waals surface area (Å²) >= 11 is 0. The minimum atomic E-state index is -1.53. The quantitative estimate of drug-likeness (QED) is 0.579. The molecule has 2 N–H and O–H groups in total. The van der Waals surface area contributed by atoms with Crippen LogP contribution in [0.3, 0.4) is 0 Å². The highest BCUT2D eigenvalue weighted by Crippen LogP contribution is 2.06. The van der Waals surface area contributed by atoms with Crippen molar-refractivity contribution in [1.82, 2.24) is 5.32 Å². The molecule has 0 atom stereocenters. The molecule has 16 heavy (non-hydrogen) atoms. The van der Waals surface area contributed by atoms with Crippen LogP contribution in [-0.2, 0) is 4.79 Å². The monoisotopic (exact) mass is 221 g/mol. The molecule has 0 aliphatic carbocycles.